The van der Waals surface area contributed by atoms with Crippen molar-refractivity contribution in [2.75, 3.05) is 11.8 Å². The first-order valence-electron chi connectivity index (χ1n) is 3.86. The van der Waals surface area contributed by atoms with Gasteiger partial charge in [-0.05, 0) is 12.1 Å². The van der Waals surface area contributed by atoms with Crippen molar-refractivity contribution in [3.05, 3.63) is 23.9 Å². The van der Waals surface area contributed by atoms with Crippen LogP contribution in [-0.2, 0) is 10.2 Å². The van der Waals surface area contributed by atoms with Crippen molar-refractivity contribution in [2.24, 2.45) is 0 Å². The third-order valence-electron chi connectivity index (χ3n) is 1.54. The molecule has 1 aromatic heterocycles. The van der Waals surface area contributed by atoms with E-state index in [-0.39, 0.29) is 11.4 Å². The molecule has 1 rings (SSSR count). The highest BCUT2D eigenvalue weighted by molar-refractivity contribution is 7.90. The molecule has 7 nitrogen and oxygen atoms in total. The van der Waals surface area contributed by atoms with E-state index < -0.39 is 16.2 Å². The molecule has 0 spiro atoms. The van der Waals surface area contributed by atoms with Crippen molar-refractivity contribution in [3.8, 4) is 0 Å². The van der Waals surface area contributed by atoms with Crippen LogP contribution in [0.1, 0.15) is 10.4 Å². The Hall–Kier alpha value is -1.67. The lowest BCUT2D eigenvalue weighted by atomic mass is 10.3. The summed E-state index contributed by atoms with van der Waals surface area (Å²) in [7, 11) is -2.55. The topological polar surface area (TPSA) is 108 Å². The minimum absolute atomic E-state index is 0.212. The molecule has 8 heteroatoms. The Morgan fingerprint density at radius 3 is 2.73 bits per heavy atom. The predicted octanol–water partition coefficient (Wildman–Crippen LogP) is -0.344. The maximum Gasteiger partial charge on any atom is 0.339 e. The standard InChI is InChI=1S/C7H9N3O4S/c1-8-15(13,14)10-6-5(7(11)12)3-2-4-9-6/h2-4,8H,1H3,(H,9,10)(H,11,12). The molecule has 0 bridgehead atoms. The summed E-state index contributed by atoms with van der Waals surface area (Å²) in [5.41, 5.74) is -0.212. The fraction of sp³-hybridized carbons (Fsp3) is 0.143. The summed E-state index contributed by atoms with van der Waals surface area (Å²) in [6.45, 7) is 0. The van der Waals surface area contributed by atoms with Crippen LogP contribution in [0.3, 0.4) is 0 Å². The molecule has 0 atom stereocenters. The van der Waals surface area contributed by atoms with E-state index in [1.54, 1.807) is 0 Å². The lowest BCUT2D eigenvalue weighted by Gasteiger charge is -2.07. The number of rotatable bonds is 4. The first-order valence-corrected chi connectivity index (χ1v) is 5.34. The minimum Gasteiger partial charge on any atom is -0.478 e. The number of pyridine rings is 1. The lowest BCUT2D eigenvalue weighted by molar-refractivity contribution is 0.0697. The normalized spacial score (nSPS) is 11.0. The van der Waals surface area contributed by atoms with E-state index in [0.717, 1.165) is 0 Å². The van der Waals surface area contributed by atoms with E-state index in [1.807, 2.05) is 9.44 Å². The summed E-state index contributed by atoms with van der Waals surface area (Å²) in [5.74, 6) is -1.48. The van der Waals surface area contributed by atoms with Gasteiger partial charge in [-0.2, -0.15) is 8.42 Å². The molecule has 0 amide bonds. The second-order valence-electron chi connectivity index (χ2n) is 2.51. The molecule has 0 unspecified atom stereocenters. The number of carboxylic acids is 1. The van der Waals surface area contributed by atoms with Gasteiger partial charge in [0.2, 0.25) is 0 Å². The summed E-state index contributed by atoms with van der Waals surface area (Å²) in [4.78, 5) is 14.3. The average Bonchev–Trinajstić information content (AvgIpc) is 2.18. The molecule has 0 fully saturated rings. The van der Waals surface area contributed by atoms with Crippen molar-refractivity contribution in [1.29, 1.82) is 0 Å². The monoisotopic (exact) mass is 231 g/mol. The molecule has 0 saturated heterocycles. The zero-order valence-corrected chi connectivity index (χ0v) is 8.58. The molecule has 0 saturated carbocycles. The quantitative estimate of drug-likeness (QED) is 0.656. The van der Waals surface area contributed by atoms with Gasteiger partial charge in [0, 0.05) is 13.2 Å². The number of hydrogen-bond donors (Lipinski definition) is 3. The first kappa shape index (κ1) is 11.4. The lowest BCUT2D eigenvalue weighted by Crippen LogP contribution is -2.27. The Balaban J connectivity index is 3.10. The van der Waals surface area contributed by atoms with Crippen LogP contribution < -0.4 is 9.44 Å². The fourth-order valence-corrected chi connectivity index (χ4v) is 1.36. The highest BCUT2D eigenvalue weighted by Gasteiger charge is 2.15. The van der Waals surface area contributed by atoms with Crippen molar-refractivity contribution < 1.29 is 18.3 Å². The molecule has 0 aliphatic carbocycles. The maximum absolute atomic E-state index is 11.1. The molecule has 15 heavy (non-hydrogen) atoms. The van der Waals surface area contributed by atoms with E-state index in [0.29, 0.717) is 0 Å². The number of nitrogens with zero attached hydrogens (tertiary/aromatic N) is 1. The van der Waals surface area contributed by atoms with Gasteiger partial charge < -0.3 is 5.11 Å². The van der Waals surface area contributed by atoms with Gasteiger partial charge in [-0.3, -0.25) is 4.72 Å². The molecule has 0 aromatic carbocycles. The zero-order valence-electron chi connectivity index (χ0n) is 7.76. The van der Waals surface area contributed by atoms with Crippen molar-refractivity contribution >= 4 is 22.0 Å². The average molecular weight is 231 g/mol. The first-order chi connectivity index (χ1) is 6.96. The Morgan fingerprint density at radius 1 is 1.53 bits per heavy atom. The zero-order chi connectivity index (χ0) is 11.5. The van der Waals surface area contributed by atoms with Gasteiger partial charge in [0.1, 0.15) is 5.56 Å². The smallest absolute Gasteiger partial charge is 0.339 e. The molecule has 82 valence electrons. The number of nitrogens with one attached hydrogen (secondary N) is 2. The highest BCUT2D eigenvalue weighted by Crippen LogP contribution is 2.11. The van der Waals surface area contributed by atoms with Gasteiger partial charge in [0.05, 0.1) is 0 Å². The van der Waals surface area contributed by atoms with Gasteiger partial charge in [0.25, 0.3) is 10.2 Å². The van der Waals surface area contributed by atoms with Crippen molar-refractivity contribution in [2.45, 2.75) is 0 Å². The van der Waals surface area contributed by atoms with Crippen LogP contribution in [0.25, 0.3) is 0 Å². The van der Waals surface area contributed by atoms with Crippen molar-refractivity contribution in [3.63, 3.8) is 0 Å². The van der Waals surface area contributed by atoms with E-state index in [1.165, 1.54) is 25.4 Å². The maximum atomic E-state index is 11.1. The summed E-state index contributed by atoms with van der Waals surface area (Å²) in [6, 6.07) is 2.66. The Kier molecular flexibility index (Phi) is 3.22. The van der Waals surface area contributed by atoms with E-state index in [4.69, 9.17) is 5.11 Å². The number of aromatic carboxylic acids is 1. The summed E-state index contributed by atoms with van der Waals surface area (Å²) in [6.07, 6.45) is 1.29. The van der Waals surface area contributed by atoms with Gasteiger partial charge in [-0.15, -0.1) is 0 Å². The van der Waals surface area contributed by atoms with Gasteiger partial charge >= 0.3 is 5.97 Å². The molecule has 0 aliphatic heterocycles. The molecule has 3 N–H and O–H groups in total. The van der Waals surface area contributed by atoms with E-state index in [2.05, 4.69) is 4.98 Å². The number of carbonyl (C=O) groups is 1. The van der Waals surface area contributed by atoms with Crippen LogP contribution in [0.4, 0.5) is 5.82 Å². The predicted molar refractivity (Wildman–Crippen MR) is 52.8 cm³/mol. The van der Waals surface area contributed by atoms with Gasteiger partial charge in [-0.25, -0.2) is 14.5 Å². The third kappa shape index (κ3) is 2.89. The van der Waals surface area contributed by atoms with Crippen LogP contribution in [0.2, 0.25) is 0 Å². The molecular weight excluding hydrogens is 222 g/mol. The third-order valence-corrected chi connectivity index (χ3v) is 2.54. The molecule has 0 radical (unpaired) electrons. The SMILES string of the molecule is CNS(=O)(=O)Nc1ncccc1C(=O)O. The number of anilines is 1. The fourth-order valence-electron chi connectivity index (χ4n) is 0.838. The van der Waals surface area contributed by atoms with Crippen molar-refractivity contribution in [1.82, 2.24) is 9.71 Å². The van der Waals surface area contributed by atoms with Crippen LogP contribution in [0, 0.1) is 0 Å². The Morgan fingerprint density at radius 2 is 2.20 bits per heavy atom. The number of carboxylic acid groups (broad SMARTS) is 1. The minimum atomic E-state index is -3.75. The summed E-state index contributed by atoms with van der Waals surface area (Å²) < 4.78 is 26.1. The second-order valence-corrected chi connectivity index (χ2v) is 4.13. The summed E-state index contributed by atoms with van der Waals surface area (Å²) >= 11 is 0. The Bertz CT molecular complexity index is 471. The number of hydrogen-bond acceptors (Lipinski definition) is 4. The number of aromatic nitrogens is 1. The largest absolute Gasteiger partial charge is 0.478 e. The van der Waals surface area contributed by atoms with Crippen LogP contribution in [-0.4, -0.2) is 31.5 Å². The van der Waals surface area contributed by atoms with Crippen LogP contribution >= 0.6 is 0 Å². The molecule has 0 aliphatic rings. The summed E-state index contributed by atoms with van der Waals surface area (Å²) in [5, 5.41) is 8.74. The van der Waals surface area contributed by atoms with E-state index in [9.17, 15) is 13.2 Å². The highest BCUT2D eigenvalue weighted by atomic mass is 32.2. The van der Waals surface area contributed by atoms with Gasteiger partial charge in [0.15, 0.2) is 5.82 Å². The Labute approximate surface area is 86.3 Å². The second kappa shape index (κ2) is 4.24. The molecular formula is C7H9N3O4S. The molecule has 1 aromatic rings. The van der Waals surface area contributed by atoms with E-state index >= 15 is 0 Å². The van der Waals surface area contributed by atoms with Crippen LogP contribution in [0.15, 0.2) is 18.3 Å². The van der Waals surface area contributed by atoms with Gasteiger partial charge in [-0.1, -0.05) is 0 Å². The molecule has 1 heterocycles. The van der Waals surface area contributed by atoms with Crippen LogP contribution in [0.5, 0.6) is 0 Å².